The number of carbonyl (C=O) groups is 2. The molecule has 3 rings (SSSR count). The molecule has 2 aromatic rings. The number of aryl methyl sites for hydroxylation is 1. The highest BCUT2D eigenvalue weighted by Crippen LogP contribution is 2.37. The number of carboxylic acid groups (broad SMARTS) is 1. The first-order valence-corrected chi connectivity index (χ1v) is 8.57. The van der Waals surface area contributed by atoms with Gasteiger partial charge in [0.1, 0.15) is 11.9 Å². The van der Waals surface area contributed by atoms with Crippen LogP contribution in [0.15, 0.2) is 36.7 Å². The zero-order chi connectivity index (χ0) is 18.7. The van der Waals surface area contributed by atoms with Crippen molar-refractivity contribution in [1.29, 1.82) is 0 Å². The molecule has 1 aliphatic heterocycles. The van der Waals surface area contributed by atoms with Gasteiger partial charge in [0.15, 0.2) is 0 Å². The van der Waals surface area contributed by atoms with Crippen molar-refractivity contribution in [2.75, 3.05) is 7.11 Å². The second-order valence-electron chi connectivity index (χ2n) is 6.60. The van der Waals surface area contributed by atoms with Crippen LogP contribution >= 0.6 is 0 Å². The third kappa shape index (κ3) is 3.62. The van der Waals surface area contributed by atoms with Gasteiger partial charge in [0.2, 0.25) is 5.91 Å². The highest BCUT2D eigenvalue weighted by atomic mass is 16.5. The lowest BCUT2D eigenvalue weighted by Crippen LogP contribution is -2.45. The van der Waals surface area contributed by atoms with E-state index < -0.39 is 17.9 Å². The van der Waals surface area contributed by atoms with Crippen LogP contribution in [0.25, 0.3) is 0 Å². The number of aromatic nitrogens is 2. The van der Waals surface area contributed by atoms with Gasteiger partial charge < -0.3 is 19.3 Å². The van der Waals surface area contributed by atoms with Crippen molar-refractivity contribution < 1.29 is 19.4 Å². The lowest BCUT2D eigenvalue weighted by Gasteiger charge is -2.39. The fraction of sp³-hybridized carbons (Fsp3) is 0.421. The monoisotopic (exact) mass is 357 g/mol. The number of amides is 1. The van der Waals surface area contributed by atoms with Crippen LogP contribution in [0.3, 0.4) is 0 Å². The minimum Gasteiger partial charge on any atom is -0.481 e. The molecule has 2 heterocycles. The summed E-state index contributed by atoms with van der Waals surface area (Å²) >= 11 is 0. The number of likely N-dealkylation sites (tertiary alicyclic amines) is 1. The van der Waals surface area contributed by atoms with Crippen LogP contribution < -0.4 is 0 Å². The van der Waals surface area contributed by atoms with Gasteiger partial charge >= 0.3 is 5.97 Å². The number of benzene rings is 1. The molecule has 1 N–H and O–H groups in total. The maximum Gasteiger partial charge on any atom is 0.309 e. The van der Waals surface area contributed by atoms with Crippen LogP contribution in [-0.4, -0.2) is 38.5 Å². The summed E-state index contributed by atoms with van der Waals surface area (Å²) in [6.45, 7) is 0.833. The van der Waals surface area contributed by atoms with E-state index >= 15 is 0 Å². The van der Waals surface area contributed by atoms with Gasteiger partial charge in [0.05, 0.1) is 12.5 Å². The first-order valence-electron chi connectivity index (χ1n) is 8.57. The van der Waals surface area contributed by atoms with Crippen molar-refractivity contribution in [3.63, 3.8) is 0 Å². The number of nitrogens with zero attached hydrogens (tertiary/aromatic N) is 3. The van der Waals surface area contributed by atoms with Crippen LogP contribution in [0.5, 0.6) is 0 Å². The predicted molar refractivity (Wildman–Crippen MR) is 94.0 cm³/mol. The van der Waals surface area contributed by atoms with Crippen LogP contribution in [0, 0.1) is 5.92 Å². The van der Waals surface area contributed by atoms with Crippen molar-refractivity contribution >= 4 is 11.9 Å². The number of hydrogen-bond donors (Lipinski definition) is 1. The van der Waals surface area contributed by atoms with Crippen molar-refractivity contribution in [3.05, 3.63) is 53.6 Å². The van der Waals surface area contributed by atoms with Crippen molar-refractivity contribution in [3.8, 4) is 0 Å². The average Bonchev–Trinajstić information content (AvgIpc) is 3.02. The molecule has 0 radical (unpaired) electrons. The minimum absolute atomic E-state index is 0.0485. The third-order valence-corrected chi connectivity index (χ3v) is 4.80. The number of ether oxygens (including phenoxy) is 1. The van der Waals surface area contributed by atoms with E-state index in [9.17, 15) is 14.7 Å². The second kappa shape index (κ2) is 7.70. The maximum absolute atomic E-state index is 12.7. The predicted octanol–water partition coefficient (Wildman–Crippen LogP) is 2.13. The zero-order valence-corrected chi connectivity index (χ0v) is 15.0. The Hall–Kier alpha value is -2.67. The van der Waals surface area contributed by atoms with Crippen molar-refractivity contribution in [1.82, 2.24) is 14.5 Å². The Kier molecular flexibility index (Phi) is 5.37. The summed E-state index contributed by atoms with van der Waals surface area (Å²) in [7, 11) is 3.45. The molecule has 0 aliphatic carbocycles. The molecule has 1 aromatic heterocycles. The molecule has 0 bridgehead atoms. The van der Waals surface area contributed by atoms with E-state index in [1.165, 1.54) is 0 Å². The van der Waals surface area contributed by atoms with Gasteiger partial charge in [-0.3, -0.25) is 9.59 Å². The zero-order valence-electron chi connectivity index (χ0n) is 15.0. The van der Waals surface area contributed by atoms with E-state index in [0.717, 1.165) is 11.1 Å². The van der Waals surface area contributed by atoms with Gasteiger partial charge in [-0.1, -0.05) is 24.3 Å². The summed E-state index contributed by atoms with van der Waals surface area (Å²) in [6.07, 6.45) is 3.96. The Morgan fingerprint density at radius 3 is 2.81 bits per heavy atom. The van der Waals surface area contributed by atoms with Crippen LogP contribution in [0.4, 0.5) is 0 Å². The van der Waals surface area contributed by atoms with E-state index in [0.29, 0.717) is 25.4 Å². The molecule has 1 aliphatic rings. The summed E-state index contributed by atoms with van der Waals surface area (Å²) in [6, 6.07) is 7.21. The van der Waals surface area contributed by atoms with Gasteiger partial charge in [-0.05, 0) is 17.5 Å². The lowest BCUT2D eigenvalue weighted by atomic mass is 9.87. The molecular formula is C19H23N3O4. The first kappa shape index (κ1) is 18.1. The van der Waals surface area contributed by atoms with E-state index in [1.807, 2.05) is 31.3 Å². The topological polar surface area (TPSA) is 84.7 Å². The standard InChI is InChI=1S/C19H23N3O4/c1-21-9-8-20-18(21)17-15(19(24)25)6-7-16(23)22(17)11-13-4-3-5-14(10-13)12-26-2/h3-5,8-10,15,17H,6-7,11-12H2,1-2H3,(H,24,25)/t15-,17-/m0/s1. The molecule has 2 atom stereocenters. The summed E-state index contributed by atoms with van der Waals surface area (Å²) in [5.41, 5.74) is 1.95. The van der Waals surface area contributed by atoms with Gasteiger partial charge in [-0.15, -0.1) is 0 Å². The fourth-order valence-corrected chi connectivity index (χ4v) is 3.56. The van der Waals surface area contributed by atoms with Gasteiger partial charge in [-0.25, -0.2) is 4.98 Å². The summed E-state index contributed by atoms with van der Waals surface area (Å²) in [5, 5.41) is 9.69. The Balaban J connectivity index is 1.95. The highest BCUT2D eigenvalue weighted by molar-refractivity contribution is 5.81. The van der Waals surface area contributed by atoms with Crippen molar-refractivity contribution in [2.45, 2.75) is 32.0 Å². The molecule has 0 saturated carbocycles. The third-order valence-electron chi connectivity index (χ3n) is 4.80. The molecular weight excluding hydrogens is 334 g/mol. The maximum atomic E-state index is 12.7. The number of piperidine rings is 1. The largest absolute Gasteiger partial charge is 0.481 e. The number of carboxylic acids is 1. The molecule has 138 valence electrons. The van der Waals surface area contributed by atoms with Crippen LogP contribution in [-0.2, 0) is 34.5 Å². The fourth-order valence-electron chi connectivity index (χ4n) is 3.56. The number of imidazole rings is 1. The molecule has 1 fully saturated rings. The lowest BCUT2D eigenvalue weighted by molar-refractivity contribution is -0.153. The molecule has 0 spiro atoms. The van der Waals surface area contributed by atoms with E-state index in [4.69, 9.17) is 4.74 Å². The molecule has 7 heteroatoms. The Bertz CT molecular complexity index is 802. The summed E-state index contributed by atoms with van der Waals surface area (Å²) < 4.78 is 6.95. The van der Waals surface area contributed by atoms with E-state index in [1.54, 1.807) is 29.0 Å². The number of rotatable bonds is 6. The number of hydrogen-bond acceptors (Lipinski definition) is 4. The van der Waals surface area contributed by atoms with Gasteiger partial charge in [0.25, 0.3) is 0 Å². The van der Waals surface area contributed by atoms with Crippen molar-refractivity contribution in [2.24, 2.45) is 13.0 Å². The van der Waals surface area contributed by atoms with E-state index in [-0.39, 0.29) is 12.3 Å². The molecule has 0 unspecified atom stereocenters. The first-order chi connectivity index (χ1) is 12.5. The molecule has 1 aromatic carbocycles. The molecule has 1 saturated heterocycles. The van der Waals surface area contributed by atoms with Crippen LogP contribution in [0.1, 0.15) is 35.8 Å². The Labute approximate surface area is 152 Å². The van der Waals surface area contributed by atoms with Crippen LogP contribution in [0.2, 0.25) is 0 Å². The number of carbonyl (C=O) groups excluding carboxylic acids is 1. The smallest absolute Gasteiger partial charge is 0.309 e. The van der Waals surface area contributed by atoms with Gasteiger partial charge in [0, 0.05) is 39.5 Å². The SMILES string of the molecule is COCc1cccc(CN2C(=O)CC[C@H](C(=O)O)[C@H]2c2nccn2C)c1. The molecule has 26 heavy (non-hydrogen) atoms. The normalized spacial score (nSPS) is 20.4. The summed E-state index contributed by atoms with van der Waals surface area (Å²) in [4.78, 5) is 30.5. The van der Waals surface area contributed by atoms with E-state index in [2.05, 4.69) is 4.98 Å². The number of methoxy groups -OCH3 is 1. The molecule has 1 amide bonds. The Morgan fingerprint density at radius 2 is 2.15 bits per heavy atom. The van der Waals surface area contributed by atoms with Gasteiger partial charge in [-0.2, -0.15) is 0 Å². The highest BCUT2D eigenvalue weighted by Gasteiger charge is 2.42. The minimum atomic E-state index is -0.899. The quantitative estimate of drug-likeness (QED) is 0.856. The second-order valence-corrected chi connectivity index (χ2v) is 6.60. The Morgan fingerprint density at radius 1 is 1.38 bits per heavy atom. The molecule has 7 nitrogen and oxygen atoms in total. The number of aliphatic carboxylic acids is 1. The average molecular weight is 357 g/mol. The summed E-state index contributed by atoms with van der Waals surface area (Å²) in [5.74, 6) is -1.02.